The molecule has 4 rings (SSSR count). The predicted octanol–water partition coefficient (Wildman–Crippen LogP) is 4.66. The van der Waals surface area contributed by atoms with Crippen molar-refractivity contribution >= 4 is 29.3 Å². The van der Waals surface area contributed by atoms with Gasteiger partial charge in [0.05, 0.1) is 23.8 Å². The number of hydrogen-bond donors (Lipinski definition) is 1. The summed E-state index contributed by atoms with van der Waals surface area (Å²) in [5, 5.41) is 10.3. The molecule has 1 fully saturated rings. The van der Waals surface area contributed by atoms with Crippen molar-refractivity contribution in [3.05, 3.63) is 47.8 Å². The molecule has 1 N–H and O–H groups in total. The third kappa shape index (κ3) is 4.68. The summed E-state index contributed by atoms with van der Waals surface area (Å²) < 4.78 is 16.5. The van der Waals surface area contributed by atoms with E-state index in [1.165, 1.54) is 0 Å². The molecule has 0 amide bonds. The average molecular weight is 466 g/mol. The van der Waals surface area contributed by atoms with E-state index in [1.54, 1.807) is 12.1 Å². The van der Waals surface area contributed by atoms with Gasteiger partial charge in [0.15, 0.2) is 17.8 Å². The molecular formula is C26H32FN5O2. The van der Waals surface area contributed by atoms with E-state index in [0.717, 1.165) is 36.9 Å². The highest BCUT2D eigenvalue weighted by atomic mass is 19.1. The molecule has 34 heavy (non-hydrogen) atoms. The van der Waals surface area contributed by atoms with Crippen molar-refractivity contribution in [3.8, 4) is 11.5 Å². The number of aldehydes is 1. The summed E-state index contributed by atoms with van der Waals surface area (Å²) in [7, 11) is 3.85. The van der Waals surface area contributed by atoms with Crippen LogP contribution in [0.2, 0.25) is 0 Å². The highest BCUT2D eigenvalue weighted by Gasteiger charge is 2.28. The van der Waals surface area contributed by atoms with Crippen LogP contribution in [0.15, 0.2) is 25.3 Å². The largest absolute Gasteiger partial charge is 0.506 e. The third-order valence-corrected chi connectivity index (χ3v) is 6.47. The molecular weight excluding hydrogens is 433 g/mol. The minimum atomic E-state index is -0.340. The Morgan fingerprint density at radius 3 is 2.68 bits per heavy atom. The van der Waals surface area contributed by atoms with Crippen molar-refractivity contribution in [3.63, 3.8) is 0 Å². The van der Waals surface area contributed by atoms with Crippen LogP contribution in [-0.2, 0) is 20.0 Å². The van der Waals surface area contributed by atoms with Gasteiger partial charge in [-0.05, 0) is 44.4 Å². The van der Waals surface area contributed by atoms with Gasteiger partial charge >= 0.3 is 0 Å². The average Bonchev–Trinajstić information content (AvgIpc) is 3.49. The summed E-state index contributed by atoms with van der Waals surface area (Å²) in [5.74, 6) is 1.27. The van der Waals surface area contributed by atoms with Gasteiger partial charge in [-0.25, -0.2) is 9.97 Å². The van der Waals surface area contributed by atoms with Gasteiger partial charge in [0, 0.05) is 44.2 Å². The monoisotopic (exact) mass is 465 g/mol. The minimum Gasteiger partial charge on any atom is -0.506 e. The van der Waals surface area contributed by atoms with Gasteiger partial charge in [-0.1, -0.05) is 19.2 Å². The number of hydrogen-bond acceptors (Lipinski definition) is 5. The Kier molecular flexibility index (Phi) is 6.97. The first kappa shape index (κ1) is 23.9. The molecule has 0 spiro atoms. The van der Waals surface area contributed by atoms with Crippen LogP contribution in [0.3, 0.4) is 0 Å². The van der Waals surface area contributed by atoms with Crippen molar-refractivity contribution in [2.45, 2.75) is 32.2 Å². The first-order valence-corrected chi connectivity index (χ1v) is 11.7. The molecule has 3 aromatic rings. The Balaban J connectivity index is 1.76. The second kappa shape index (κ2) is 9.93. The van der Waals surface area contributed by atoms with Gasteiger partial charge in [0.1, 0.15) is 11.3 Å². The Labute approximate surface area is 199 Å². The summed E-state index contributed by atoms with van der Waals surface area (Å²) in [6.45, 7) is 9.43. The summed E-state index contributed by atoms with van der Waals surface area (Å²) in [6, 6.07) is 3.75. The lowest BCUT2D eigenvalue weighted by Gasteiger charge is -2.15. The van der Waals surface area contributed by atoms with E-state index in [4.69, 9.17) is 9.97 Å². The van der Waals surface area contributed by atoms with E-state index >= 15 is 0 Å². The molecule has 0 aliphatic heterocycles. The smallest absolute Gasteiger partial charge is 0.160 e. The zero-order valence-corrected chi connectivity index (χ0v) is 19.9. The number of imidazole rings is 1. The molecule has 0 unspecified atom stereocenters. The second-order valence-electron chi connectivity index (χ2n) is 9.11. The lowest BCUT2D eigenvalue weighted by Crippen LogP contribution is -2.23. The Morgan fingerprint density at radius 2 is 2.06 bits per heavy atom. The molecule has 1 saturated carbocycles. The minimum absolute atomic E-state index is 0.00102. The van der Waals surface area contributed by atoms with Crippen molar-refractivity contribution in [2.75, 3.05) is 26.8 Å². The molecule has 180 valence electrons. The molecule has 0 atom stereocenters. The highest BCUT2D eigenvalue weighted by Crippen LogP contribution is 2.37. The van der Waals surface area contributed by atoms with E-state index < -0.39 is 0 Å². The van der Waals surface area contributed by atoms with Gasteiger partial charge in [-0.3, -0.25) is 9.18 Å². The van der Waals surface area contributed by atoms with Crippen LogP contribution >= 0.6 is 0 Å². The fraction of sp³-hybridized carbons (Fsp3) is 0.423. The molecule has 8 heteroatoms. The van der Waals surface area contributed by atoms with E-state index in [-0.39, 0.29) is 12.4 Å². The summed E-state index contributed by atoms with van der Waals surface area (Å²) in [4.78, 5) is 23.5. The molecule has 1 aliphatic rings. The molecule has 3 heterocycles. The number of carbonyl (C=O) groups excluding carboxylic acids is 1. The number of rotatable bonds is 12. The molecule has 0 aromatic carbocycles. The number of pyridine rings is 1. The topological polar surface area (TPSA) is 76.2 Å². The van der Waals surface area contributed by atoms with E-state index in [1.807, 2.05) is 29.6 Å². The van der Waals surface area contributed by atoms with E-state index in [2.05, 4.69) is 17.7 Å². The number of halogens is 1. The zero-order chi connectivity index (χ0) is 24.4. The molecule has 0 saturated heterocycles. The van der Waals surface area contributed by atoms with Crippen molar-refractivity contribution in [1.29, 1.82) is 0 Å². The molecule has 0 radical (unpaired) electrons. The zero-order valence-electron chi connectivity index (χ0n) is 19.9. The normalized spacial score (nSPS) is 13.6. The summed E-state index contributed by atoms with van der Waals surface area (Å²) >= 11 is 0. The van der Waals surface area contributed by atoms with Crippen LogP contribution in [0, 0.1) is 5.92 Å². The first-order valence-electron chi connectivity index (χ1n) is 11.7. The van der Waals surface area contributed by atoms with Gasteiger partial charge in [0.2, 0.25) is 0 Å². The van der Waals surface area contributed by atoms with Crippen LogP contribution in [0.4, 0.5) is 4.39 Å². The number of aliphatic hydroxyl groups excluding tert-OH is 1. The number of aromatic nitrogens is 4. The van der Waals surface area contributed by atoms with Crippen LogP contribution in [0.1, 0.15) is 46.6 Å². The fourth-order valence-corrected chi connectivity index (χ4v) is 4.41. The summed E-state index contributed by atoms with van der Waals surface area (Å²) in [6.07, 6.45) is 5.93. The van der Waals surface area contributed by atoms with Crippen molar-refractivity contribution in [1.82, 2.24) is 24.0 Å². The maximum atomic E-state index is 12.5. The quantitative estimate of drug-likeness (QED) is 0.311. The SMILES string of the molecule is C=Cc1cc(-c2nc3cc(C=O)c(CCN(C)CCCF)nc3n2C)n(CC2CC2)c1C(=C)O. The van der Waals surface area contributed by atoms with Crippen molar-refractivity contribution in [2.24, 2.45) is 13.0 Å². The van der Waals surface area contributed by atoms with E-state index in [0.29, 0.717) is 65.8 Å². The van der Waals surface area contributed by atoms with Crippen LogP contribution in [0.25, 0.3) is 34.5 Å². The van der Waals surface area contributed by atoms with Crippen LogP contribution in [0.5, 0.6) is 0 Å². The van der Waals surface area contributed by atoms with Gasteiger partial charge in [0.25, 0.3) is 0 Å². The number of fused-ring (bicyclic) bond motifs is 1. The Morgan fingerprint density at radius 1 is 1.29 bits per heavy atom. The van der Waals surface area contributed by atoms with Crippen LogP contribution in [-0.4, -0.2) is 62.2 Å². The van der Waals surface area contributed by atoms with Gasteiger partial charge in [-0.15, -0.1) is 0 Å². The van der Waals surface area contributed by atoms with Gasteiger partial charge in [-0.2, -0.15) is 0 Å². The van der Waals surface area contributed by atoms with E-state index in [9.17, 15) is 14.3 Å². The molecule has 1 aliphatic carbocycles. The lowest BCUT2D eigenvalue weighted by molar-refractivity contribution is 0.112. The summed E-state index contributed by atoms with van der Waals surface area (Å²) in [5.41, 5.74) is 4.85. The molecule has 7 nitrogen and oxygen atoms in total. The van der Waals surface area contributed by atoms with Gasteiger partial charge < -0.3 is 19.1 Å². The molecule has 0 bridgehead atoms. The maximum absolute atomic E-state index is 12.5. The number of alkyl halides is 1. The number of aryl methyl sites for hydroxylation is 1. The first-order chi connectivity index (χ1) is 16.4. The highest BCUT2D eigenvalue weighted by molar-refractivity contribution is 5.86. The molecule has 3 aromatic heterocycles. The van der Waals surface area contributed by atoms with Crippen molar-refractivity contribution < 1.29 is 14.3 Å². The maximum Gasteiger partial charge on any atom is 0.160 e. The Bertz CT molecular complexity index is 1240. The Hall–Kier alpha value is -3.26. The van der Waals surface area contributed by atoms with Crippen LogP contribution < -0.4 is 0 Å². The second-order valence-corrected chi connectivity index (χ2v) is 9.11. The number of nitrogens with zero attached hydrogens (tertiary/aromatic N) is 5. The number of carbonyl (C=O) groups is 1. The number of likely N-dealkylation sites (N-methyl/N-ethyl adjacent to an activating group) is 1. The standard InChI is InChI=1S/C26H32FN5O2/c1-5-19-14-23(32(15-18-7-8-18)24(19)17(2)34)26-29-22-13-20(16-33)21(28-25(22)31(26)4)9-12-30(3)11-6-10-27/h5,13-14,16,18,34H,1-2,6-12,15H2,3-4H3. The third-order valence-electron chi connectivity index (χ3n) is 6.47. The number of aliphatic hydroxyl groups is 1. The predicted molar refractivity (Wildman–Crippen MR) is 134 cm³/mol. The fourth-order valence-electron chi connectivity index (χ4n) is 4.41. The lowest BCUT2D eigenvalue weighted by atomic mass is 10.1.